The molecule has 0 radical (unpaired) electrons. The maximum absolute atomic E-state index is 12.7. The Morgan fingerprint density at radius 2 is 1.97 bits per heavy atom. The molecular formula is C21H21ClN2O4S2. The molecule has 9 heteroatoms. The number of carbonyl (C=O) groups is 1. The third kappa shape index (κ3) is 4.36. The van der Waals surface area contributed by atoms with Gasteiger partial charge in [-0.2, -0.15) is 4.99 Å². The molecule has 0 unspecified atom stereocenters. The highest BCUT2D eigenvalue weighted by Crippen LogP contribution is 2.42. The smallest absolute Gasteiger partial charge is 0.252 e. The molecule has 158 valence electrons. The zero-order valence-corrected chi connectivity index (χ0v) is 18.9. The number of nitrogens with zero attached hydrogens (tertiary/aromatic N) is 2. The van der Waals surface area contributed by atoms with Gasteiger partial charge in [-0.25, -0.2) is 8.42 Å². The van der Waals surface area contributed by atoms with Crippen molar-refractivity contribution in [3.8, 4) is 5.75 Å². The highest BCUT2D eigenvalue weighted by molar-refractivity contribution is 8.16. The van der Waals surface area contributed by atoms with Crippen LogP contribution in [0.25, 0.3) is 0 Å². The number of sulfone groups is 1. The maximum atomic E-state index is 12.7. The number of rotatable bonds is 4. The standard InChI is InChI=1S/C21H21ClN2O4S2/c1-13-3-6-15(22)10-17(13)24-18-11-30(26,27)12-19(18)29-21(24)23-20(25)9-14-4-7-16(28-2)8-5-14/h3-8,10,18-19H,9,11-12H2,1-2H3/t18-,19+/m0/s1. The van der Waals surface area contributed by atoms with Crippen molar-refractivity contribution in [3.63, 3.8) is 0 Å². The number of anilines is 1. The summed E-state index contributed by atoms with van der Waals surface area (Å²) in [5.41, 5.74) is 2.57. The molecule has 1 amide bonds. The second kappa shape index (κ2) is 8.24. The van der Waals surface area contributed by atoms with Crippen LogP contribution in [0.15, 0.2) is 47.5 Å². The van der Waals surface area contributed by atoms with Crippen molar-refractivity contribution in [2.24, 2.45) is 4.99 Å². The number of thioether (sulfide) groups is 1. The SMILES string of the molecule is COc1ccc(CC(=O)N=C2S[C@@H]3CS(=O)(=O)C[C@@H]3N2c2cc(Cl)ccc2C)cc1. The predicted molar refractivity (Wildman–Crippen MR) is 122 cm³/mol. The highest BCUT2D eigenvalue weighted by Gasteiger charge is 2.49. The molecule has 2 heterocycles. The van der Waals surface area contributed by atoms with Crippen LogP contribution >= 0.6 is 23.4 Å². The summed E-state index contributed by atoms with van der Waals surface area (Å²) in [7, 11) is -1.53. The summed E-state index contributed by atoms with van der Waals surface area (Å²) in [6, 6.07) is 12.5. The number of ether oxygens (including phenoxy) is 1. The zero-order chi connectivity index (χ0) is 21.5. The fraction of sp³-hybridized carbons (Fsp3) is 0.333. The summed E-state index contributed by atoms with van der Waals surface area (Å²) in [5.74, 6) is 0.572. The average Bonchev–Trinajstić information content (AvgIpc) is 3.15. The molecule has 2 aliphatic rings. The van der Waals surface area contributed by atoms with E-state index >= 15 is 0 Å². The van der Waals surface area contributed by atoms with E-state index in [9.17, 15) is 13.2 Å². The Bertz CT molecular complexity index is 1120. The molecule has 0 aliphatic carbocycles. The molecule has 0 spiro atoms. The van der Waals surface area contributed by atoms with Gasteiger partial charge in [-0.05, 0) is 42.3 Å². The minimum atomic E-state index is -3.12. The summed E-state index contributed by atoms with van der Waals surface area (Å²) in [6.45, 7) is 1.93. The first-order chi connectivity index (χ1) is 14.3. The molecule has 6 nitrogen and oxygen atoms in total. The van der Waals surface area contributed by atoms with E-state index < -0.39 is 9.84 Å². The van der Waals surface area contributed by atoms with Gasteiger partial charge in [-0.3, -0.25) is 4.79 Å². The summed E-state index contributed by atoms with van der Waals surface area (Å²) in [6.07, 6.45) is 0.157. The molecule has 4 rings (SSSR count). The van der Waals surface area contributed by atoms with Crippen LogP contribution in [0.1, 0.15) is 11.1 Å². The van der Waals surface area contributed by atoms with E-state index in [1.165, 1.54) is 11.8 Å². The molecule has 2 aromatic carbocycles. The van der Waals surface area contributed by atoms with E-state index in [1.54, 1.807) is 31.4 Å². The van der Waals surface area contributed by atoms with Gasteiger partial charge in [0.2, 0.25) is 0 Å². The Balaban J connectivity index is 1.64. The van der Waals surface area contributed by atoms with Gasteiger partial charge in [0.25, 0.3) is 5.91 Å². The number of halogens is 1. The van der Waals surface area contributed by atoms with Crippen molar-refractivity contribution in [3.05, 3.63) is 58.6 Å². The quantitative estimate of drug-likeness (QED) is 0.689. The van der Waals surface area contributed by atoms with Crippen LogP contribution < -0.4 is 9.64 Å². The first kappa shape index (κ1) is 21.2. The summed E-state index contributed by atoms with van der Waals surface area (Å²) in [4.78, 5) is 18.9. The van der Waals surface area contributed by atoms with Crippen LogP contribution in [-0.4, -0.2) is 49.4 Å². The van der Waals surface area contributed by atoms with E-state index in [-0.39, 0.29) is 35.1 Å². The predicted octanol–water partition coefficient (Wildman–Crippen LogP) is 3.50. The molecule has 0 saturated carbocycles. The van der Waals surface area contributed by atoms with Crippen LogP contribution in [0.5, 0.6) is 5.75 Å². The van der Waals surface area contributed by atoms with Gasteiger partial charge >= 0.3 is 0 Å². The molecule has 2 aliphatic heterocycles. The lowest BCUT2D eigenvalue weighted by molar-refractivity contribution is -0.117. The highest BCUT2D eigenvalue weighted by atomic mass is 35.5. The van der Waals surface area contributed by atoms with Crippen molar-refractivity contribution < 1.29 is 17.9 Å². The number of hydrogen-bond donors (Lipinski definition) is 0. The van der Waals surface area contributed by atoms with E-state index in [4.69, 9.17) is 16.3 Å². The zero-order valence-electron chi connectivity index (χ0n) is 16.5. The normalized spacial score (nSPS) is 23.6. The van der Waals surface area contributed by atoms with Gasteiger partial charge in [0.15, 0.2) is 15.0 Å². The van der Waals surface area contributed by atoms with Crippen molar-refractivity contribution in [2.45, 2.75) is 24.6 Å². The second-order valence-electron chi connectivity index (χ2n) is 7.41. The largest absolute Gasteiger partial charge is 0.497 e. The van der Waals surface area contributed by atoms with Gasteiger partial charge in [0.05, 0.1) is 31.1 Å². The van der Waals surface area contributed by atoms with Crippen molar-refractivity contribution in [2.75, 3.05) is 23.5 Å². The average molecular weight is 465 g/mol. The molecule has 0 aromatic heterocycles. The van der Waals surface area contributed by atoms with Gasteiger partial charge in [-0.1, -0.05) is 41.6 Å². The van der Waals surface area contributed by atoms with E-state index in [1.807, 2.05) is 30.0 Å². The number of hydrogen-bond acceptors (Lipinski definition) is 5. The number of carbonyl (C=O) groups excluding carboxylic acids is 1. The minimum absolute atomic E-state index is 0.0440. The monoisotopic (exact) mass is 464 g/mol. The van der Waals surface area contributed by atoms with Gasteiger partial charge < -0.3 is 9.64 Å². The Hall–Kier alpha value is -2.03. The molecule has 0 bridgehead atoms. The Morgan fingerprint density at radius 3 is 2.67 bits per heavy atom. The van der Waals surface area contributed by atoms with E-state index in [0.29, 0.717) is 10.2 Å². The fourth-order valence-electron chi connectivity index (χ4n) is 3.75. The molecule has 2 saturated heterocycles. The van der Waals surface area contributed by atoms with Gasteiger partial charge in [0.1, 0.15) is 5.75 Å². The third-order valence-corrected chi connectivity index (χ3v) is 8.68. The molecule has 0 N–H and O–H groups in total. The minimum Gasteiger partial charge on any atom is -0.497 e. The van der Waals surface area contributed by atoms with Crippen LogP contribution in [0.3, 0.4) is 0 Å². The number of amides is 1. The van der Waals surface area contributed by atoms with Crippen LogP contribution in [0.4, 0.5) is 5.69 Å². The molecular weight excluding hydrogens is 444 g/mol. The Morgan fingerprint density at radius 1 is 1.23 bits per heavy atom. The lowest BCUT2D eigenvalue weighted by atomic mass is 10.1. The second-order valence-corrected chi connectivity index (χ2v) is 11.2. The molecule has 30 heavy (non-hydrogen) atoms. The Labute approximate surface area is 185 Å². The lowest BCUT2D eigenvalue weighted by Gasteiger charge is -2.26. The van der Waals surface area contributed by atoms with Crippen LogP contribution in [0.2, 0.25) is 5.02 Å². The number of aryl methyl sites for hydroxylation is 1. The number of methoxy groups -OCH3 is 1. The van der Waals surface area contributed by atoms with Crippen molar-refractivity contribution in [1.29, 1.82) is 0 Å². The molecule has 2 aromatic rings. The van der Waals surface area contributed by atoms with Crippen molar-refractivity contribution >= 4 is 50.0 Å². The topological polar surface area (TPSA) is 76.0 Å². The molecule has 2 fully saturated rings. The summed E-state index contributed by atoms with van der Waals surface area (Å²) >= 11 is 7.57. The van der Waals surface area contributed by atoms with E-state index in [2.05, 4.69) is 4.99 Å². The first-order valence-corrected chi connectivity index (χ1v) is 12.5. The van der Waals surface area contributed by atoms with Crippen LogP contribution in [-0.2, 0) is 21.1 Å². The lowest BCUT2D eigenvalue weighted by Crippen LogP contribution is -2.38. The first-order valence-electron chi connectivity index (χ1n) is 9.42. The third-order valence-electron chi connectivity index (χ3n) is 5.23. The van der Waals surface area contributed by atoms with E-state index in [0.717, 1.165) is 22.6 Å². The summed E-state index contributed by atoms with van der Waals surface area (Å²) in [5, 5.41) is 0.929. The van der Waals surface area contributed by atoms with Crippen LogP contribution in [0, 0.1) is 6.92 Å². The Kier molecular flexibility index (Phi) is 5.83. The number of benzene rings is 2. The number of amidine groups is 1. The maximum Gasteiger partial charge on any atom is 0.252 e. The van der Waals surface area contributed by atoms with Gasteiger partial charge in [-0.15, -0.1) is 0 Å². The number of aliphatic imine (C=N–C) groups is 1. The number of fused-ring (bicyclic) bond motifs is 1. The summed E-state index contributed by atoms with van der Waals surface area (Å²) < 4.78 is 29.6. The molecule has 2 atom stereocenters. The fourth-order valence-corrected chi connectivity index (χ4v) is 7.84. The van der Waals surface area contributed by atoms with Crippen molar-refractivity contribution in [1.82, 2.24) is 0 Å². The van der Waals surface area contributed by atoms with Gasteiger partial charge in [0, 0.05) is 16.0 Å².